The summed E-state index contributed by atoms with van der Waals surface area (Å²) in [5.74, 6) is -6.12. The van der Waals surface area contributed by atoms with Crippen LogP contribution in [0.25, 0.3) is 0 Å². The summed E-state index contributed by atoms with van der Waals surface area (Å²) in [7, 11) is -3.92. The van der Waals surface area contributed by atoms with Crippen LogP contribution in [0.1, 0.15) is 59.4 Å². The number of amides is 4. The van der Waals surface area contributed by atoms with E-state index < -0.39 is 98.0 Å². The summed E-state index contributed by atoms with van der Waals surface area (Å²) >= 11 is 5.91. The Morgan fingerprint density at radius 1 is 0.796 bits per heavy atom. The fourth-order valence-electron chi connectivity index (χ4n) is 4.45. The van der Waals surface area contributed by atoms with Crippen molar-refractivity contribution in [2.45, 2.75) is 84.7 Å². The summed E-state index contributed by atoms with van der Waals surface area (Å²) in [6, 6.07) is 2.56. The van der Waals surface area contributed by atoms with Gasteiger partial charge < -0.3 is 40.2 Å². The average Bonchev–Trinajstić information content (AvgIpc) is 3.09. The lowest BCUT2D eigenvalue weighted by Gasteiger charge is -2.28. The summed E-state index contributed by atoms with van der Waals surface area (Å²) in [5, 5.41) is 9.62. The molecule has 4 amide bonds. The summed E-state index contributed by atoms with van der Waals surface area (Å²) in [6.45, 7) is 11.1. The van der Waals surface area contributed by atoms with Gasteiger partial charge in [-0.05, 0) is 44.7 Å². The predicted octanol–water partition coefficient (Wildman–Crippen LogP) is 1.93. The molecule has 1 rings (SSSR count). The molecule has 4 atom stereocenters. The van der Waals surface area contributed by atoms with Crippen molar-refractivity contribution in [3.8, 4) is 0 Å². The smallest absolute Gasteiger partial charge is 0.408 e. The molecule has 300 valence electrons. The van der Waals surface area contributed by atoms with E-state index in [2.05, 4.69) is 27.8 Å². The summed E-state index contributed by atoms with van der Waals surface area (Å²) in [5.41, 5.74) is 0.113. The Hall–Kier alpha value is -4.97. The molecule has 0 spiro atoms. The molecule has 0 heterocycles. The van der Waals surface area contributed by atoms with Crippen molar-refractivity contribution in [2.24, 2.45) is 5.92 Å². The maximum absolute atomic E-state index is 13.8. The average molecular weight is 801 g/mol. The molecule has 1 unspecified atom stereocenters. The minimum atomic E-state index is -3.92. The van der Waals surface area contributed by atoms with Crippen LogP contribution in [0, 0.1) is 5.92 Å². The first-order valence-corrected chi connectivity index (χ1v) is 19.2. The van der Waals surface area contributed by atoms with E-state index in [1.165, 1.54) is 6.92 Å². The quantitative estimate of drug-likeness (QED) is 0.0746. The Bertz CT molecular complexity index is 1630. The SMILES string of the molecule is C=C(C(=O)OCC)[C@H](NC(=O)OCc1ccccc1)C(=O)N[C@@H](CCC(=O)OCC)C(=O)NC(C(=O)N[C@H](C=C(Cl)S(C)(=O)=O)CC(=O)OCC)C(C)C. The Morgan fingerprint density at radius 3 is 1.94 bits per heavy atom. The topological polar surface area (TPSA) is 239 Å². The minimum Gasteiger partial charge on any atom is -0.466 e. The van der Waals surface area contributed by atoms with Gasteiger partial charge in [-0.15, -0.1) is 0 Å². The fraction of sp³-hybridized carbons (Fsp3) is 0.514. The van der Waals surface area contributed by atoms with E-state index in [9.17, 15) is 42.0 Å². The van der Waals surface area contributed by atoms with Crippen molar-refractivity contribution in [3.63, 3.8) is 0 Å². The number of sulfone groups is 1. The molecule has 0 aromatic heterocycles. The van der Waals surface area contributed by atoms with E-state index in [1.54, 1.807) is 58.0 Å². The number of benzene rings is 1. The lowest BCUT2D eigenvalue weighted by molar-refractivity contribution is -0.145. The van der Waals surface area contributed by atoms with Gasteiger partial charge in [-0.1, -0.05) is 62.4 Å². The highest BCUT2D eigenvalue weighted by molar-refractivity contribution is 7.96. The zero-order chi connectivity index (χ0) is 41.0. The molecule has 1 aromatic carbocycles. The van der Waals surface area contributed by atoms with Crippen molar-refractivity contribution in [3.05, 3.63) is 58.5 Å². The van der Waals surface area contributed by atoms with Gasteiger partial charge in [0, 0.05) is 12.7 Å². The van der Waals surface area contributed by atoms with Gasteiger partial charge in [0.25, 0.3) is 0 Å². The number of halogens is 1. The van der Waals surface area contributed by atoms with Crippen molar-refractivity contribution < 1.29 is 60.9 Å². The van der Waals surface area contributed by atoms with E-state index in [0.29, 0.717) is 5.56 Å². The molecular formula is C35H49ClN4O13S. The van der Waals surface area contributed by atoms with E-state index in [1.807, 2.05) is 0 Å². The van der Waals surface area contributed by atoms with Gasteiger partial charge in [-0.2, -0.15) is 0 Å². The number of hydrogen-bond donors (Lipinski definition) is 4. The number of alkyl carbamates (subject to hydrolysis) is 1. The van der Waals surface area contributed by atoms with Crippen LogP contribution >= 0.6 is 11.6 Å². The molecule has 17 nitrogen and oxygen atoms in total. The van der Waals surface area contributed by atoms with Gasteiger partial charge in [0.05, 0.1) is 37.9 Å². The van der Waals surface area contributed by atoms with E-state index in [-0.39, 0.29) is 39.3 Å². The van der Waals surface area contributed by atoms with Crippen LogP contribution in [-0.4, -0.2) is 100 Å². The molecule has 0 fully saturated rings. The molecular weight excluding hydrogens is 752 g/mol. The van der Waals surface area contributed by atoms with Gasteiger partial charge in [0.15, 0.2) is 9.84 Å². The van der Waals surface area contributed by atoms with Crippen LogP contribution in [0.5, 0.6) is 0 Å². The molecule has 54 heavy (non-hydrogen) atoms. The summed E-state index contributed by atoms with van der Waals surface area (Å²) < 4.78 is 43.3. The van der Waals surface area contributed by atoms with Crippen LogP contribution in [0.3, 0.4) is 0 Å². The Morgan fingerprint density at radius 2 is 1.39 bits per heavy atom. The minimum absolute atomic E-state index is 0.00495. The third kappa shape index (κ3) is 17.2. The second kappa shape index (κ2) is 23.6. The first-order chi connectivity index (χ1) is 25.3. The second-order valence-electron chi connectivity index (χ2n) is 11.9. The second-order valence-corrected chi connectivity index (χ2v) is 14.5. The zero-order valence-corrected chi connectivity index (χ0v) is 32.7. The van der Waals surface area contributed by atoms with Crippen LogP contribution in [0.4, 0.5) is 4.79 Å². The molecule has 0 aliphatic carbocycles. The van der Waals surface area contributed by atoms with Crippen LogP contribution in [0.15, 0.2) is 52.9 Å². The predicted molar refractivity (Wildman–Crippen MR) is 196 cm³/mol. The molecule has 0 aliphatic heterocycles. The molecule has 0 radical (unpaired) electrons. The largest absolute Gasteiger partial charge is 0.466 e. The maximum Gasteiger partial charge on any atom is 0.408 e. The number of nitrogens with one attached hydrogen (secondary N) is 4. The molecule has 1 aromatic rings. The van der Waals surface area contributed by atoms with Crippen molar-refractivity contribution in [1.82, 2.24) is 21.3 Å². The molecule has 0 aliphatic rings. The number of hydrogen-bond acceptors (Lipinski definition) is 13. The zero-order valence-electron chi connectivity index (χ0n) is 31.1. The normalized spacial score (nSPS) is 13.6. The number of esters is 3. The number of carbonyl (C=O) groups excluding carboxylic acids is 7. The van der Waals surface area contributed by atoms with Gasteiger partial charge in [0.1, 0.15) is 29.1 Å². The molecule has 0 saturated heterocycles. The number of ether oxygens (including phenoxy) is 4. The van der Waals surface area contributed by atoms with Crippen LogP contribution in [-0.2, 0) is 64.2 Å². The van der Waals surface area contributed by atoms with Gasteiger partial charge >= 0.3 is 24.0 Å². The highest BCUT2D eigenvalue weighted by Gasteiger charge is 2.35. The molecule has 19 heteroatoms. The third-order valence-corrected chi connectivity index (χ3v) is 8.96. The van der Waals surface area contributed by atoms with E-state index in [4.69, 9.17) is 30.5 Å². The summed E-state index contributed by atoms with van der Waals surface area (Å²) in [6.07, 6.45) is -0.589. The Balaban J connectivity index is 3.40. The highest BCUT2D eigenvalue weighted by atomic mass is 35.5. The monoisotopic (exact) mass is 800 g/mol. The van der Waals surface area contributed by atoms with Gasteiger partial charge in [-0.25, -0.2) is 18.0 Å². The maximum atomic E-state index is 13.8. The third-order valence-electron chi connectivity index (χ3n) is 7.15. The molecule has 0 bridgehead atoms. The summed E-state index contributed by atoms with van der Waals surface area (Å²) in [4.78, 5) is 90.9. The van der Waals surface area contributed by atoms with Crippen molar-refractivity contribution >= 4 is 63.2 Å². The van der Waals surface area contributed by atoms with E-state index in [0.717, 1.165) is 12.3 Å². The molecule has 4 N–H and O–H groups in total. The van der Waals surface area contributed by atoms with Gasteiger partial charge in [0.2, 0.25) is 17.7 Å². The molecule has 0 saturated carbocycles. The van der Waals surface area contributed by atoms with E-state index >= 15 is 0 Å². The lowest BCUT2D eigenvalue weighted by atomic mass is 10.0. The van der Waals surface area contributed by atoms with Crippen molar-refractivity contribution in [1.29, 1.82) is 0 Å². The first-order valence-electron chi connectivity index (χ1n) is 17.0. The first kappa shape index (κ1) is 47.1. The fourth-order valence-corrected chi connectivity index (χ4v) is 5.01. The number of carbonyl (C=O) groups is 7. The van der Waals surface area contributed by atoms with Crippen LogP contribution < -0.4 is 21.3 Å². The Labute approximate surface area is 319 Å². The van der Waals surface area contributed by atoms with Gasteiger partial charge in [-0.3, -0.25) is 24.0 Å². The van der Waals surface area contributed by atoms with Crippen molar-refractivity contribution in [2.75, 3.05) is 26.1 Å². The number of rotatable bonds is 22. The van der Waals surface area contributed by atoms with Crippen LogP contribution in [0.2, 0.25) is 0 Å². The Kier molecular flexibility index (Phi) is 20.6. The highest BCUT2D eigenvalue weighted by Crippen LogP contribution is 2.14. The lowest BCUT2D eigenvalue weighted by Crippen LogP contribution is -2.59. The standard InChI is InChI=1S/C35H49ClN4O13S/c1-8-50-27(41)17-16-25(38-33(45)30(22(6)34(46)52-10-3)40-35(47)53-20-23-14-12-11-13-15-23)31(43)39-29(21(4)5)32(44)37-24(19-28(42)51-9-2)18-26(36)54(7,48)49/h11-15,18,21,24-25,29-30H,6,8-10,16-17,19-20H2,1-5,7H3,(H,37,44)(H,38,45)(H,39,43)(H,40,47)/t24-,25+,29?,30+/m1/s1.